The maximum absolute atomic E-state index is 5.97. The van der Waals surface area contributed by atoms with Crippen molar-refractivity contribution in [1.29, 1.82) is 0 Å². The van der Waals surface area contributed by atoms with Gasteiger partial charge in [0.15, 0.2) is 0 Å². The lowest BCUT2D eigenvalue weighted by molar-refractivity contribution is 0.395. The van der Waals surface area contributed by atoms with Crippen LogP contribution >= 0.6 is 11.8 Å². The first kappa shape index (κ1) is 11.4. The lowest BCUT2D eigenvalue weighted by Gasteiger charge is -2.27. The topological polar surface area (TPSA) is 38.0 Å². The Bertz CT molecular complexity index is 397. The van der Waals surface area contributed by atoms with Crippen LogP contribution in [0.1, 0.15) is 37.2 Å². The van der Waals surface area contributed by atoms with Gasteiger partial charge in [0, 0.05) is 28.9 Å². The summed E-state index contributed by atoms with van der Waals surface area (Å²) in [6.07, 6.45) is 4.88. The van der Waals surface area contributed by atoms with Crippen molar-refractivity contribution in [2.24, 2.45) is 5.73 Å². The molecule has 0 unspecified atom stereocenters. The summed E-state index contributed by atoms with van der Waals surface area (Å²) < 4.78 is 0. The number of anilines is 1. The second-order valence-corrected chi connectivity index (χ2v) is 6.28. The maximum Gasteiger partial charge on any atom is 0.0481 e. The van der Waals surface area contributed by atoms with Crippen LogP contribution in [0.4, 0.5) is 5.69 Å². The van der Waals surface area contributed by atoms with Gasteiger partial charge in [-0.05, 0) is 49.3 Å². The van der Waals surface area contributed by atoms with Crippen LogP contribution in [0.15, 0.2) is 23.1 Å². The Morgan fingerprint density at radius 1 is 1.18 bits per heavy atom. The third kappa shape index (κ3) is 2.45. The van der Waals surface area contributed by atoms with Gasteiger partial charge in [-0.15, -0.1) is 11.8 Å². The second-order valence-electron chi connectivity index (χ2n) is 5.14. The highest BCUT2D eigenvalue weighted by Crippen LogP contribution is 2.37. The molecular formula is C14H20N2S. The van der Waals surface area contributed by atoms with Crippen LogP contribution in [-0.2, 0) is 0 Å². The van der Waals surface area contributed by atoms with Crippen molar-refractivity contribution in [3.63, 3.8) is 0 Å². The Labute approximate surface area is 107 Å². The van der Waals surface area contributed by atoms with Gasteiger partial charge in [-0.25, -0.2) is 0 Å². The Balaban J connectivity index is 1.79. The molecular weight excluding hydrogens is 228 g/mol. The first-order chi connectivity index (χ1) is 8.33. The van der Waals surface area contributed by atoms with E-state index < -0.39 is 0 Å². The van der Waals surface area contributed by atoms with Crippen molar-refractivity contribution < 1.29 is 0 Å². The van der Waals surface area contributed by atoms with Crippen molar-refractivity contribution >= 4 is 17.4 Å². The van der Waals surface area contributed by atoms with E-state index in [9.17, 15) is 0 Å². The molecule has 3 heteroatoms. The number of benzene rings is 1. The molecule has 0 spiro atoms. The molecule has 92 valence electrons. The van der Waals surface area contributed by atoms with Gasteiger partial charge in [0.2, 0.25) is 0 Å². The van der Waals surface area contributed by atoms with Crippen LogP contribution in [0.25, 0.3) is 0 Å². The molecule has 1 heterocycles. The van der Waals surface area contributed by atoms with E-state index in [1.54, 1.807) is 0 Å². The molecule has 2 nitrogen and oxygen atoms in total. The van der Waals surface area contributed by atoms with Gasteiger partial charge >= 0.3 is 0 Å². The highest BCUT2D eigenvalue weighted by Gasteiger charge is 2.21. The molecule has 0 amide bonds. The molecule has 1 aromatic rings. The van der Waals surface area contributed by atoms with E-state index in [0.717, 1.165) is 12.5 Å². The van der Waals surface area contributed by atoms with Crippen LogP contribution in [0.2, 0.25) is 0 Å². The predicted molar refractivity (Wildman–Crippen MR) is 74.8 cm³/mol. The molecule has 1 aliphatic heterocycles. The largest absolute Gasteiger partial charge is 0.383 e. The standard InChI is InChI=1S/C14H20N2S/c15-12-4-1-10(2-5-12)11-3-6-14-13(9-11)16-7-8-17-14/h3,6,9-10,12,16H,1-2,4-5,7-8,15H2. The molecule has 0 aromatic heterocycles. The van der Waals surface area contributed by atoms with Crippen LogP contribution in [0.5, 0.6) is 0 Å². The normalized spacial score (nSPS) is 28.3. The number of fused-ring (bicyclic) bond motifs is 1. The van der Waals surface area contributed by atoms with Crippen molar-refractivity contribution in [2.45, 2.75) is 42.5 Å². The Morgan fingerprint density at radius 3 is 2.82 bits per heavy atom. The third-order valence-electron chi connectivity index (χ3n) is 3.92. The molecule has 1 aliphatic carbocycles. The molecule has 3 N–H and O–H groups in total. The highest BCUT2D eigenvalue weighted by atomic mass is 32.2. The predicted octanol–water partition coefficient (Wildman–Crippen LogP) is 3.19. The maximum atomic E-state index is 5.97. The minimum atomic E-state index is 0.442. The SMILES string of the molecule is NC1CCC(c2ccc3c(c2)NCCS3)CC1. The molecule has 1 aromatic carbocycles. The average Bonchev–Trinajstić information content (AvgIpc) is 2.39. The molecule has 0 bridgehead atoms. The van der Waals surface area contributed by atoms with Gasteiger partial charge in [-0.1, -0.05) is 6.07 Å². The van der Waals surface area contributed by atoms with Crippen LogP contribution in [0.3, 0.4) is 0 Å². The molecule has 0 saturated heterocycles. The van der Waals surface area contributed by atoms with Crippen molar-refractivity contribution in [3.05, 3.63) is 23.8 Å². The first-order valence-electron chi connectivity index (χ1n) is 6.59. The molecule has 17 heavy (non-hydrogen) atoms. The third-order valence-corrected chi connectivity index (χ3v) is 5.00. The first-order valence-corrected chi connectivity index (χ1v) is 7.57. The van der Waals surface area contributed by atoms with Crippen LogP contribution in [0, 0.1) is 0 Å². The summed E-state index contributed by atoms with van der Waals surface area (Å²) in [5.74, 6) is 1.92. The summed E-state index contributed by atoms with van der Waals surface area (Å²) in [6, 6.07) is 7.41. The Kier molecular flexibility index (Phi) is 3.30. The van der Waals surface area contributed by atoms with E-state index in [-0.39, 0.29) is 0 Å². The van der Waals surface area contributed by atoms with Crippen LogP contribution < -0.4 is 11.1 Å². The number of rotatable bonds is 1. The van der Waals surface area contributed by atoms with Gasteiger partial charge in [0.1, 0.15) is 0 Å². The summed E-state index contributed by atoms with van der Waals surface area (Å²) in [5, 5.41) is 3.51. The number of hydrogen-bond acceptors (Lipinski definition) is 3. The quantitative estimate of drug-likeness (QED) is 0.801. The highest BCUT2D eigenvalue weighted by molar-refractivity contribution is 7.99. The van der Waals surface area contributed by atoms with Crippen molar-refractivity contribution in [2.75, 3.05) is 17.6 Å². The van der Waals surface area contributed by atoms with Gasteiger partial charge in [0.25, 0.3) is 0 Å². The average molecular weight is 248 g/mol. The lowest BCUT2D eigenvalue weighted by atomic mass is 9.82. The zero-order valence-electron chi connectivity index (χ0n) is 10.1. The van der Waals surface area contributed by atoms with E-state index >= 15 is 0 Å². The summed E-state index contributed by atoms with van der Waals surface area (Å²) in [4.78, 5) is 1.41. The summed E-state index contributed by atoms with van der Waals surface area (Å²) in [6.45, 7) is 1.09. The fourth-order valence-electron chi connectivity index (χ4n) is 2.86. The number of nitrogens with two attached hydrogens (primary N) is 1. The van der Waals surface area contributed by atoms with Crippen molar-refractivity contribution in [3.8, 4) is 0 Å². The van der Waals surface area contributed by atoms with E-state index in [0.29, 0.717) is 6.04 Å². The molecule has 3 rings (SSSR count). The van der Waals surface area contributed by atoms with E-state index in [2.05, 4.69) is 23.5 Å². The monoisotopic (exact) mass is 248 g/mol. The van der Waals surface area contributed by atoms with Crippen molar-refractivity contribution in [1.82, 2.24) is 0 Å². The Hall–Kier alpha value is -0.670. The van der Waals surface area contributed by atoms with E-state index in [4.69, 9.17) is 5.73 Å². The smallest absolute Gasteiger partial charge is 0.0481 e. The number of thioether (sulfide) groups is 1. The van der Waals surface area contributed by atoms with Gasteiger partial charge in [0.05, 0.1) is 0 Å². The fourth-order valence-corrected chi connectivity index (χ4v) is 3.74. The second kappa shape index (κ2) is 4.91. The fraction of sp³-hybridized carbons (Fsp3) is 0.571. The molecule has 2 aliphatic rings. The van der Waals surface area contributed by atoms with Gasteiger partial charge < -0.3 is 11.1 Å². The summed E-state index contributed by atoms with van der Waals surface area (Å²) >= 11 is 1.96. The minimum Gasteiger partial charge on any atom is -0.383 e. The number of nitrogens with one attached hydrogen (secondary N) is 1. The number of hydrogen-bond donors (Lipinski definition) is 2. The van der Waals surface area contributed by atoms with E-state index in [1.807, 2.05) is 11.8 Å². The zero-order chi connectivity index (χ0) is 11.7. The minimum absolute atomic E-state index is 0.442. The molecule has 0 atom stereocenters. The summed E-state index contributed by atoms with van der Waals surface area (Å²) in [5.41, 5.74) is 8.82. The lowest BCUT2D eigenvalue weighted by Crippen LogP contribution is -2.25. The van der Waals surface area contributed by atoms with E-state index in [1.165, 1.54) is 47.6 Å². The summed E-state index contributed by atoms with van der Waals surface area (Å²) in [7, 11) is 0. The van der Waals surface area contributed by atoms with Gasteiger partial charge in [-0.3, -0.25) is 0 Å². The molecule has 1 fully saturated rings. The zero-order valence-corrected chi connectivity index (χ0v) is 10.9. The molecule has 0 radical (unpaired) electrons. The molecule has 1 saturated carbocycles. The van der Waals surface area contributed by atoms with Crippen LogP contribution in [-0.4, -0.2) is 18.3 Å². The Morgan fingerprint density at radius 2 is 2.00 bits per heavy atom. The van der Waals surface area contributed by atoms with Gasteiger partial charge in [-0.2, -0.15) is 0 Å².